The van der Waals surface area contributed by atoms with Crippen molar-refractivity contribution in [2.24, 2.45) is 0 Å². The summed E-state index contributed by atoms with van der Waals surface area (Å²) in [6.45, 7) is -0.549. The quantitative estimate of drug-likeness (QED) is 0.588. The first-order valence-electron chi connectivity index (χ1n) is 4.41. The first kappa shape index (κ1) is 8.98. The summed E-state index contributed by atoms with van der Waals surface area (Å²) in [4.78, 5) is 34.0. The molecule has 0 aromatic rings. The van der Waals surface area contributed by atoms with E-state index >= 15 is 0 Å². The Kier molecular flexibility index (Phi) is 1.73. The molecule has 2 fully saturated rings. The van der Waals surface area contributed by atoms with Crippen molar-refractivity contribution in [2.45, 2.75) is 24.8 Å². The summed E-state index contributed by atoms with van der Waals surface area (Å²) in [5.74, 6) is -1.57. The van der Waals surface area contributed by atoms with Crippen molar-refractivity contribution in [1.82, 2.24) is 10.2 Å². The smallest absolute Gasteiger partial charge is 0.325 e. The molecule has 1 saturated carbocycles. The third-order valence-electron chi connectivity index (χ3n) is 2.75. The number of rotatable bonds is 2. The van der Waals surface area contributed by atoms with Gasteiger partial charge in [-0.2, -0.15) is 0 Å². The highest BCUT2D eigenvalue weighted by Gasteiger charge is 2.54. The lowest BCUT2D eigenvalue weighted by atomic mass is 9.77. The Balaban J connectivity index is 2.16. The number of carboxylic acid groups (broad SMARTS) is 1. The Morgan fingerprint density at radius 3 is 2.50 bits per heavy atom. The molecule has 14 heavy (non-hydrogen) atoms. The van der Waals surface area contributed by atoms with E-state index in [0.717, 1.165) is 11.3 Å². The average molecular weight is 198 g/mol. The van der Waals surface area contributed by atoms with E-state index in [4.69, 9.17) is 5.11 Å². The summed E-state index contributed by atoms with van der Waals surface area (Å²) < 4.78 is 0. The normalized spacial score (nSPS) is 23.6. The molecule has 1 aliphatic carbocycles. The van der Waals surface area contributed by atoms with Gasteiger partial charge in [0, 0.05) is 0 Å². The van der Waals surface area contributed by atoms with E-state index in [0.29, 0.717) is 12.8 Å². The minimum absolute atomic E-state index is 0.392. The van der Waals surface area contributed by atoms with Crippen molar-refractivity contribution in [2.75, 3.05) is 6.54 Å². The van der Waals surface area contributed by atoms with E-state index in [1.165, 1.54) is 0 Å². The van der Waals surface area contributed by atoms with Gasteiger partial charge in [-0.15, -0.1) is 0 Å². The average Bonchev–Trinajstić information content (AvgIpc) is 2.27. The summed E-state index contributed by atoms with van der Waals surface area (Å²) >= 11 is 0. The van der Waals surface area contributed by atoms with Crippen LogP contribution in [0.1, 0.15) is 19.3 Å². The second kappa shape index (κ2) is 2.70. The van der Waals surface area contributed by atoms with Crippen molar-refractivity contribution in [3.05, 3.63) is 0 Å². The number of aliphatic carboxylic acids is 1. The van der Waals surface area contributed by atoms with Gasteiger partial charge in [0.2, 0.25) is 0 Å². The third-order valence-corrected chi connectivity index (χ3v) is 2.75. The van der Waals surface area contributed by atoms with Gasteiger partial charge in [0.1, 0.15) is 12.1 Å². The molecular weight excluding hydrogens is 188 g/mol. The first-order valence-corrected chi connectivity index (χ1v) is 4.41. The summed E-state index contributed by atoms with van der Waals surface area (Å²) in [6, 6.07) is -0.586. The minimum Gasteiger partial charge on any atom is -0.480 e. The number of nitrogens with zero attached hydrogens (tertiary/aromatic N) is 1. The topological polar surface area (TPSA) is 86.7 Å². The number of nitrogens with one attached hydrogen (secondary N) is 1. The molecule has 2 rings (SSSR count). The Labute approximate surface area is 79.9 Å². The maximum atomic E-state index is 11.6. The van der Waals surface area contributed by atoms with Gasteiger partial charge in [-0.05, 0) is 19.3 Å². The van der Waals surface area contributed by atoms with Gasteiger partial charge >= 0.3 is 12.0 Å². The molecule has 1 aliphatic heterocycles. The highest BCUT2D eigenvalue weighted by Crippen LogP contribution is 2.36. The summed E-state index contributed by atoms with van der Waals surface area (Å²) in [5, 5.41) is 11.0. The van der Waals surface area contributed by atoms with E-state index in [1.54, 1.807) is 0 Å². The van der Waals surface area contributed by atoms with Crippen LogP contribution in [0.25, 0.3) is 0 Å². The Bertz CT molecular complexity index is 321. The van der Waals surface area contributed by atoms with E-state index in [2.05, 4.69) is 5.32 Å². The maximum absolute atomic E-state index is 11.6. The molecule has 1 saturated heterocycles. The van der Waals surface area contributed by atoms with Crippen molar-refractivity contribution in [1.29, 1.82) is 0 Å². The number of hydrogen-bond acceptors (Lipinski definition) is 3. The van der Waals surface area contributed by atoms with Gasteiger partial charge in [0.05, 0.1) is 0 Å². The van der Waals surface area contributed by atoms with Crippen LogP contribution in [0.2, 0.25) is 0 Å². The standard InChI is InChI=1S/C8H10N2O4/c11-5(12)4-10-6(13)8(2-1-3-8)9-7(10)14/h1-4H2,(H,9,14)(H,11,12). The SMILES string of the molecule is O=C(O)CN1C(=O)NC2(CCC2)C1=O. The van der Waals surface area contributed by atoms with E-state index in [9.17, 15) is 14.4 Å². The summed E-state index contributed by atoms with van der Waals surface area (Å²) in [7, 11) is 0. The zero-order valence-corrected chi connectivity index (χ0v) is 7.45. The molecule has 0 aromatic heterocycles. The van der Waals surface area contributed by atoms with Crippen molar-refractivity contribution in [3.8, 4) is 0 Å². The molecule has 0 aromatic carbocycles. The molecule has 76 valence electrons. The molecule has 3 amide bonds. The summed E-state index contributed by atoms with van der Waals surface area (Å²) in [6.07, 6.45) is 2.13. The van der Waals surface area contributed by atoms with Gasteiger partial charge in [-0.25, -0.2) is 4.79 Å². The van der Waals surface area contributed by atoms with Crippen LogP contribution in [0.4, 0.5) is 4.79 Å². The molecule has 2 N–H and O–H groups in total. The Hall–Kier alpha value is -1.59. The number of urea groups is 1. The monoisotopic (exact) mass is 198 g/mol. The van der Waals surface area contributed by atoms with Crippen molar-refractivity contribution >= 4 is 17.9 Å². The van der Waals surface area contributed by atoms with E-state index < -0.39 is 30.0 Å². The van der Waals surface area contributed by atoms with Crippen molar-refractivity contribution < 1.29 is 19.5 Å². The fourth-order valence-corrected chi connectivity index (χ4v) is 1.82. The number of amides is 3. The number of carbonyl (C=O) groups is 3. The van der Waals surface area contributed by atoms with Gasteiger partial charge in [-0.1, -0.05) is 0 Å². The molecule has 0 atom stereocenters. The van der Waals surface area contributed by atoms with Crippen molar-refractivity contribution in [3.63, 3.8) is 0 Å². The van der Waals surface area contributed by atoms with Crippen LogP contribution in [-0.4, -0.2) is 40.0 Å². The zero-order valence-electron chi connectivity index (χ0n) is 7.45. The van der Waals surface area contributed by atoms with Crippen LogP contribution in [0.15, 0.2) is 0 Å². The number of carbonyl (C=O) groups excluding carboxylic acids is 2. The predicted molar refractivity (Wildman–Crippen MR) is 44.5 cm³/mol. The largest absolute Gasteiger partial charge is 0.480 e. The molecule has 0 bridgehead atoms. The predicted octanol–water partition coefficient (Wildman–Crippen LogP) is -0.455. The molecule has 6 nitrogen and oxygen atoms in total. The van der Waals surface area contributed by atoms with Crippen LogP contribution in [0.3, 0.4) is 0 Å². The maximum Gasteiger partial charge on any atom is 0.325 e. The molecule has 0 unspecified atom stereocenters. The lowest BCUT2D eigenvalue weighted by Gasteiger charge is -2.34. The van der Waals surface area contributed by atoms with Crippen LogP contribution in [-0.2, 0) is 9.59 Å². The van der Waals surface area contributed by atoms with Gasteiger partial charge in [0.15, 0.2) is 0 Å². The Morgan fingerprint density at radius 2 is 2.14 bits per heavy atom. The second-order valence-corrected chi connectivity index (χ2v) is 3.65. The van der Waals surface area contributed by atoms with Crippen LogP contribution in [0.5, 0.6) is 0 Å². The number of hydrogen-bond donors (Lipinski definition) is 2. The number of imide groups is 1. The lowest BCUT2D eigenvalue weighted by Crippen LogP contribution is -2.52. The molecule has 0 radical (unpaired) electrons. The molecular formula is C8H10N2O4. The third kappa shape index (κ3) is 1.07. The summed E-state index contributed by atoms with van der Waals surface area (Å²) in [5.41, 5.74) is -0.771. The highest BCUT2D eigenvalue weighted by molar-refractivity contribution is 6.09. The zero-order chi connectivity index (χ0) is 10.3. The molecule has 2 aliphatic rings. The second-order valence-electron chi connectivity index (χ2n) is 3.65. The van der Waals surface area contributed by atoms with Crippen LogP contribution in [0, 0.1) is 0 Å². The fraction of sp³-hybridized carbons (Fsp3) is 0.625. The molecule has 6 heteroatoms. The fourth-order valence-electron chi connectivity index (χ4n) is 1.82. The molecule has 1 heterocycles. The van der Waals surface area contributed by atoms with Gasteiger partial charge in [0.25, 0.3) is 5.91 Å². The first-order chi connectivity index (χ1) is 6.55. The van der Waals surface area contributed by atoms with Gasteiger partial charge in [-0.3, -0.25) is 14.5 Å². The van der Waals surface area contributed by atoms with Crippen LogP contribution >= 0.6 is 0 Å². The van der Waals surface area contributed by atoms with Crippen LogP contribution < -0.4 is 5.32 Å². The minimum atomic E-state index is -1.18. The highest BCUT2D eigenvalue weighted by atomic mass is 16.4. The Morgan fingerprint density at radius 1 is 1.50 bits per heavy atom. The lowest BCUT2D eigenvalue weighted by molar-refractivity contribution is -0.143. The number of carboxylic acids is 1. The van der Waals surface area contributed by atoms with E-state index in [-0.39, 0.29) is 0 Å². The van der Waals surface area contributed by atoms with Gasteiger partial charge < -0.3 is 10.4 Å². The molecule has 1 spiro atoms. The van der Waals surface area contributed by atoms with E-state index in [1.807, 2.05) is 0 Å².